The second-order valence-electron chi connectivity index (χ2n) is 9.36. The molecule has 1 aliphatic rings. The average molecular weight is 421 g/mol. The monoisotopic (exact) mass is 420 g/mol. The molecule has 0 aromatic heterocycles. The van der Waals surface area contributed by atoms with E-state index in [0.717, 1.165) is 5.76 Å². The Hall–Kier alpha value is -0.0325. The smallest absolute Gasteiger partial charge is 0.289 e. The average Bonchev–Trinajstić information content (AvgIpc) is 2.55. The van der Waals surface area contributed by atoms with Crippen LogP contribution in [0.25, 0.3) is 0 Å². The number of hydrogen-bond acceptors (Lipinski definition) is 4. The van der Waals surface area contributed by atoms with Crippen molar-refractivity contribution in [1.29, 1.82) is 0 Å². The zero-order valence-electron chi connectivity index (χ0n) is 18.7. The predicted octanol–water partition coefficient (Wildman–Crippen LogP) is -0.163. The van der Waals surface area contributed by atoms with E-state index < -0.39 is 5.60 Å². The van der Waals surface area contributed by atoms with E-state index >= 15 is 0 Å². The second kappa shape index (κ2) is 6.85. The summed E-state index contributed by atoms with van der Waals surface area (Å²) >= 11 is 0. The molecule has 148 valence electrons. The van der Waals surface area contributed by atoms with Gasteiger partial charge in [0.1, 0.15) is 10.5 Å². The van der Waals surface area contributed by atoms with Crippen molar-refractivity contribution in [3.8, 4) is 0 Å². The van der Waals surface area contributed by atoms with Gasteiger partial charge in [0.25, 0.3) is 5.95 Å². The van der Waals surface area contributed by atoms with Crippen molar-refractivity contribution in [2.24, 2.45) is 27.6 Å². The first kappa shape index (κ1) is 23.0. The summed E-state index contributed by atoms with van der Waals surface area (Å²) in [5.74, 6) is 1.75. The standard InChI is InChI=1S/C17H40O4Si4/c1-10-13(2,3)14(4,5)15(6,7)17(9,21-25)16(10,8)11(18-22)12(19-23)20-24/h10H,1-9,22-25H3. The minimum Gasteiger partial charge on any atom is -0.551 e. The van der Waals surface area contributed by atoms with Gasteiger partial charge in [-0.3, -0.25) is 0 Å². The summed E-state index contributed by atoms with van der Waals surface area (Å²) in [6.45, 7) is 21.2. The third-order valence-corrected chi connectivity index (χ3v) is 10.9. The van der Waals surface area contributed by atoms with Crippen LogP contribution in [0.1, 0.15) is 62.3 Å². The zero-order chi connectivity index (χ0) is 20.1. The van der Waals surface area contributed by atoms with Gasteiger partial charge in [-0.1, -0.05) is 48.5 Å². The Morgan fingerprint density at radius 3 is 1.48 bits per heavy atom. The first-order valence-corrected chi connectivity index (χ1v) is 12.4. The van der Waals surface area contributed by atoms with Gasteiger partial charge in [0, 0.05) is 0 Å². The molecule has 1 saturated carbocycles. The lowest BCUT2D eigenvalue weighted by atomic mass is 9.34. The lowest BCUT2D eigenvalue weighted by Crippen LogP contribution is -2.73. The third kappa shape index (κ3) is 2.58. The molecule has 0 aromatic carbocycles. The molecular formula is C17H40O4Si4. The Bertz CT molecular complexity index is 541. The summed E-state index contributed by atoms with van der Waals surface area (Å²) in [6, 6.07) is 0. The molecule has 1 rings (SSSR count). The van der Waals surface area contributed by atoms with Gasteiger partial charge in [-0.05, 0) is 36.0 Å². The van der Waals surface area contributed by atoms with Crippen LogP contribution in [0.3, 0.4) is 0 Å². The molecule has 0 spiro atoms. The molecule has 1 fully saturated rings. The van der Waals surface area contributed by atoms with E-state index in [1.807, 2.05) is 0 Å². The maximum atomic E-state index is 6.48. The van der Waals surface area contributed by atoms with Gasteiger partial charge in [-0.2, -0.15) is 0 Å². The second-order valence-corrected chi connectivity index (χ2v) is 11.0. The minimum absolute atomic E-state index is 0.0671. The lowest BCUT2D eigenvalue weighted by Gasteiger charge is -2.72. The van der Waals surface area contributed by atoms with Gasteiger partial charge in [0.15, 0.2) is 5.76 Å². The van der Waals surface area contributed by atoms with E-state index in [4.69, 9.17) is 17.7 Å². The summed E-state index contributed by atoms with van der Waals surface area (Å²) < 4.78 is 24.0. The topological polar surface area (TPSA) is 36.9 Å². The van der Waals surface area contributed by atoms with Crippen LogP contribution >= 0.6 is 0 Å². The van der Waals surface area contributed by atoms with Gasteiger partial charge in [-0.15, -0.1) is 0 Å². The van der Waals surface area contributed by atoms with Gasteiger partial charge in [0.2, 0.25) is 31.5 Å². The molecule has 4 nitrogen and oxygen atoms in total. The maximum absolute atomic E-state index is 6.48. The van der Waals surface area contributed by atoms with Crippen LogP contribution in [0.5, 0.6) is 0 Å². The highest BCUT2D eigenvalue weighted by molar-refractivity contribution is 6.01. The van der Waals surface area contributed by atoms with Gasteiger partial charge >= 0.3 is 0 Å². The fraction of sp³-hybridized carbons (Fsp3) is 0.882. The molecule has 0 aromatic rings. The van der Waals surface area contributed by atoms with E-state index in [0.29, 0.717) is 53.8 Å². The fourth-order valence-corrected chi connectivity index (χ4v) is 7.95. The van der Waals surface area contributed by atoms with E-state index in [-0.39, 0.29) is 21.7 Å². The molecule has 0 radical (unpaired) electrons. The Kier molecular flexibility index (Phi) is 6.30. The molecular weight excluding hydrogens is 381 g/mol. The van der Waals surface area contributed by atoms with E-state index in [9.17, 15) is 0 Å². The van der Waals surface area contributed by atoms with Crippen molar-refractivity contribution in [3.63, 3.8) is 0 Å². The molecule has 3 atom stereocenters. The van der Waals surface area contributed by atoms with Crippen LogP contribution in [0.4, 0.5) is 0 Å². The van der Waals surface area contributed by atoms with Crippen LogP contribution in [-0.2, 0) is 17.7 Å². The van der Waals surface area contributed by atoms with Gasteiger partial charge < -0.3 is 17.7 Å². The Morgan fingerprint density at radius 2 is 1.16 bits per heavy atom. The van der Waals surface area contributed by atoms with Crippen molar-refractivity contribution in [3.05, 3.63) is 11.7 Å². The van der Waals surface area contributed by atoms with Crippen LogP contribution in [0.2, 0.25) is 0 Å². The molecule has 0 aliphatic heterocycles. The van der Waals surface area contributed by atoms with Crippen LogP contribution in [0.15, 0.2) is 11.7 Å². The molecule has 0 amide bonds. The van der Waals surface area contributed by atoms with E-state index in [2.05, 4.69) is 62.3 Å². The highest BCUT2D eigenvalue weighted by Crippen LogP contribution is 2.73. The summed E-state index contributed by atoms with van der Waals surface area (Å²) in [5, 5.41) is 0. The van der Waals surface area contributed by atoms with Crippen molar-refractivity contribution < 1.29 is 17.7 Å². The largest absolute Gasteiger partial charge is 0.551 e. The molecule has 1 aliphatic carbocycles. The van der Waals surface area contributed by atoms with Crippen LogP contribution in [-0.4, -0.2) is 47.5 Å². The van der Waals surface area contributed by atoms with Crippen molar-refractivity contribution in [2.75, 3.05) is 0 Å². The first-order valence-electron chi connectivity index (χ1n) is 9.10. The SMILES string of the molecule is CC1C(C)(C)C(C)(C)C(C)(C)C(C)(O[SiH3])C1(C)C(O[SiH3])=C(O[SiH3])O[SiH3]. The Morgan fingerprint density at radius 1 is 0.720 bits per heavy atom. The summed E-state index contributed by atoms with van der Waals surface area (Å²) in [4.78, 5) is 0. The molecule has 8 heteroatoms. The normalized spacial score (nSPS) is 36.1. The van der Waals surface area contributed by atoms with Crippen molar-refractivity contribution in [2.45, 2.75) is 67.9 Å². The van der Waals surface area contributed by atoms with E-state index in [1.54, 1.807) is 0 Å². The minimum atomic E-state index is -0.393. The highest BCUT2D eigenvalue weighted by atomic mass is 28.2. The molecule has 0 heterocycles. The summed E-state index contributed by atoms with van der Waals surface area (Å²) in [5.41, 5.74) is -0.686. The van der Waals surface area contributed by atoms with Gasteiger partial charge in [-0.25, -0.2) is 0 Å². The van der Waals surface area contributed by atoms with Gasteiger partial charge in [0.05, 0.1) is 11.0 Å². The van der Waals surface area contributed by atoms with E-state index in [1.165, 1.54) is 0 Å². The summed E-state index contributed by atoms with van der Waals surface area (Å²) in [7, 11) is 2.42. The van der Waals surface area contributed by atoms with Crippen molar-refractivity contribution >= 4 is 41.9 Å². The van der Waals surface area contributed by atoms with Crippen molar-refractivity contribution in [1.82, 2.24) is 0 Å². The summed E-state index contributed by atoms with van der Waals surface area (Å²) in [6.07, 6.45) is 0. The quantitative estimate of drug-likeness (QED) is 0.457. The first-order chi connectivity index (χ1) is 11.2. The molecule has 3 unspecified atom stereocenters. The molecule has 0 N–H and O–H groups in total. The Labute approximate surface area is 167 Å². The number of hydrogen-bond donors (Lipinski definition) is 0. The molecule has 25 heavy (non-hydrogen) atoms. The third-order valence-electron chi connectivity index (χ3n) is 8.95. The highest BCUT2D eigenvalue weighted by Gasteiger charge is 2.73. The maximum Gasteiger partial charge on any atom is 0.289 e. The zero-order valence-corrected chi connectivity index (χ0v) is 26.7. The fourth-order valence-electron chi connectivity index (χ4n) is 5.38. The number of rotatable bonds is 5. The lowest BCUT2D eigenvalue weighted by molar-refractivity contribution is -0.273. The molecule has 0 bridgehead atoms. The molecule has 0 saturated heterocycles. The predicted molar refractivity (Wildman–Crippen MR) is 118 cm³/mol. The van der Waals surface area contributed by atoms with Crippen LogP contribution < -0.4 is 0 Å². The van der Waals surface area contributed by atoms with Crippen LogP contribution in [0, 0.1) is 27.6 Å². The Balaban J connectivity index is 3.98.